The SMILES string of the molecule is [B].[Mo].[SiH4].[Ti]. The quantitative estimate of drug-likeness (QED) is 0.391. The van der Waals surface area contributed by atoms with E-state index in [1.165, 1.54) is 0 Å². The van der Waals surface area contributed by atoms with Gasteiger partial charge in [-0.1, -0.05) is 0 Å². The molecule has 0 rings (SSSR count). The number of hydrogen-bond acceptors (Lipinski definition) is 0. The van der Waals surface area contributed by atoms with E-state index in [-0.39, 0.29) is 62.2 Å². The van der Waals surface area contributed by atoms with Crippen molar-refractivity contribution in [1.82, 2.24) is 0 Å². The Labute approximate surface area is 61.9 Å². The van der Waals surface area contributed by atoms with Gasteiger partial charge in [0, 0.05) is 51.2 Å². The van der Waals surface area contributed by atoms with Gasteiger partial charge in [-0.05, 0) is 11.0 Å². The summed E-state index contributed by atoms with van der Waals surface area (Å²) in [4.78, 5) is 0. The Balaban J connectivity index is 0. The molecule has 0 unspecified atom stereocenters. The summed E-state index contributed by atoms with van der Waals surface area (Å²) in [6, 6.07) is 0. The van der Waals surface area contributed by atoms with Gasteiger partial charge < -0.3 is 0 Å². The van der Waals surface area contributed by atoms with E-state index in [1.54, 1.807) is 0 Å². The fraction of sp³-hybridized carbons (Fsp3) is 0. The van der Waals surface area contributed by atoms with Crippen LogP contribution in [0.5, 0.6) is 0 Å². The first-order valence-corrected chi connectivity index (χ1v) is 0. The normalized spacial score (nSPS) is 0. The van der Waals surface area contributed by atoms with Crippen LogP contribution in [0, 0.1) is 0 Å². The van der Waals surface area contributed by atoms with E-state index in [2.05, 4.69) is 0 Å². The molecular weight excluding hydrogens is 183 g/mol. The first-order valence-electron chi connectivity index (χ1n) is 0. The van der Waals surface area contributed by atoms with Crippen LogP contribution in [0.3, 0.4) is 0 Å². The molecule has 0 heterocycles. The fourth-order valence-corrected chi connectivity index (χ4v) is 0. The van der Waals surface area contributed by atoms with Crippen molar-refractivity contribution >= 4 is 19.4 Å². The first kappa shape index (κ1) is 44.0. The van der Waals surface area contributed by atoms with Crippen LogP contribution in [0.15, 0.2) is 0 Å². The van der Waals surface area contributed by atoms with Crippen molar-refractivity contribution in [1.29, 1.82) is 0 Å². The summed E-state index contributed by atoms with van der Waals surface area (Å²) < 4.78 is 0. The van der Waals surface area contributed by atoms with E-state index in [1.807, 2.05) is 0 Å². The molecule has 3 radical (unpaired) electrons. The van der Waals surface area contributed by atoms with Gasteiger partial charge in [-0.3, -0.25) is 0 Å². The molecule has 0 fully saturated rings. The Morgan fingerprint density at radius 1 is 1.00 bits per heavy atom. The Hall–Kier alpha value is 1.68. The summed E-state index contributed by atoms with van der Waals surface area (Å²) in [6.07, 6.45) is 0. The van der Waals surface area contributed by atoms with Crippen LogP contribution in [0.25, 0.3) is 0 Å². The molecule has 0 spiro atoms. The topological polar surface area (TPSA) is 0 Å². The third-order valence-corrected chi connectivity index (χ3v) is 0. The van der Waals surface area contributed by atoms with E-state index < -0.39 is 0 Å². The van der Waals surface area contributed by atoms with Gasteiger partial charge in [-0.2, -0.15) is 0 Å². The Morgan fingerprint density at radius 2 is 1.00 bits per heavy atom. The van der Waals surface area contributed by atoms with Crippen LogP contribution < -0.4 is 0 Å². The molecule has 0 saturated carbocycles. The Morgan fingerprint density at radius 3 is 1.00 bits per heavy atom. The van der Waals surface area contributed by atoms with Crippen molar-refractivity contribution in [2.24, 2.45) is 0 Å². The molecular formula is H4BMoSiTi. The molecule has 0 aliphatic rings. The molecule has 0 aliphatic heterocycles. The summed E-state index contributed by atoms with van der Waals surface area (Å²) in [6.45, 7) is 0. The van der Waals surface area contributed by atoms with Crippen molar-refractivity contribution in [3.05, 3.63) is 0 Å². The second kappa shape index (κ2) is 22.4. The molecule has 4 heteroatoms. The molecule has 0 atom stereocenters. The zero-order valence-electron chi connectivity index (χ0n) is 1.49. The van der Waals surface area contributed by atoms with Gasteiger partial charge in [0.05, 0.1) is 0 Å². The number of rotatable bonds is 0. The Kier molecular flexibility index (Phi) is 246. The minimum absolute atomic E-state index is 0. The van der Waals surface area contributed by atoms with Crippen molar-refractivity contribution in [2.45, 2.75) is 0 Å². The van der Waals surface area contributed by atoms with E-state index >= 15 is 0 Å². The standard InChI is InChI=1S/B.Mo.H4Si.Ti/h;;1H4;. The minimum atomic E-state index is 0. The van der Waals surface area contributed by atoms with Gasteiger partial charge in [-0.25, -0.2) is 0 Å². The van der Waals surface area contributed by atoms with Crippen LogP contribution in [-0.2, 0) is 42.8 Å². The summed E-state index contributed by atoms with van der Waals surface area (Å²) in [5.41, 5.74) is 0. The van der Waals surface area contributed by atoms with Crippen molar-refractivity contribution in [3.63, 3.8) is 0 Å². The molecule has 0 aromatic rings. The third kappa shape index (κ3) is 9.36. The average Bonchev–Trinajstić information content (AvgIpc) is 0. The summed E-state index contributed by atoms with van der Waals surface area (Å²) in [5, 5.41) is 0. The van der Waals surface area contributed by atoms with Crippen molar-refractivity contribution in [3.8, 4) is 0 Å². The molecule has 4 heavy (non-hydrogen) atoms. The van der Waals surface area contributed by atoms with Crippen LogP contribution in [0.1, 0.15) is 0 Å². The monoisotopic (exact) mass is 189 g/mol. The maximum Gasteiger partial charge on any atom is 0 e. The molecule has 0 saturated heterocycles. The predicted molar refractivity (Wildman–Crippen MR) is 17.1 cm³/mol. The predicted octanol–water partition coefficient (Wildman–Crippen LogP) is -1.84. The summed E-state index contributed by atoms with van der Waals surface area (Å²) >= 11 is 0. The zero-order chi connectivity index (χ0) is 0. The molecule has 0 bridgehead atoms. The van der Waals surface area contributed by atoms with Crippen LogP contribution >= 0.6 is 0 Å². The minimum Gasteiger partial charge on any atom is -0.0149 e. The molecule has 0 aliphatic carbocycles. The van der Waals surface area contributed by atoms with Gasteiger partial charge in [0.1, 0.15) is 0 Å². The van der Waals surface area contributed by atoms with Gasteiger partial charge >= 0.3 is 0 Å². The third-order valence-electron chi connectivity index (χ3n) is 0. The van der Waals surface area contributed by atoms with Gasteiger partial charge in [-0.15, -0.1) is 0 Å². The van der Waals surface area contributed by atoms with Gasteiger partial charge in [0.2, 0.25) is 0 Å². The molecule has 0 N–H and O–H groups in total. The second-order valence-electron chi connectivity index (χ2n) is 0. The summed E-state index contributed by atoms with van der Waals surface area (Å²) in [5.74, 6) is 0. The molecule has 0 amide bonds. The van der Waals surface area contributed by atoms with Crippen LogP contribution in [-0.4, -0.2) is 19.4 Å². The van der Waals surface area contributed by atoms with Gasteiger partial charge in [0.25, 0.3) is 0 Å². The Bertz CT molecular complexity index is 8.00. The summed E-state index contributed by atoms with van der Waals surface area (Å²) in [7, 11) is 0. The van der Waals surface area contributed by atoms with E-state index in [0.29, 0.717) is 0 Å². The van der Waals surface area contributed by atoms with E-state index in [4.69, 9.17) is 0 Å². The first-order chi connectivity index (χ1) is 0. The fourth-order valence-electron chi connectivity index (χ4n) is 0. The van der Waals surface area contributed by atoms with Crippen molar-refractivity contribution < 1.29 is 42.8 Å². The largest absolute Gasteiger partial charge is 0.0149 e. The maximum absolute atomic E-state index is 0. The molecule has 21 valence electrons. The maximum atomic E-state index is 0. The smallest absolute Gasteiger partial charge is 0 e. The number of hydrogen-bond donors (Lipinski definition) is 0. The van der Waals surface area contributed by atoms with E-state index in [9.17, 15) is 0 Å². The average molecular weight is 187 g/mol. The zero-order valence-corrected chi connectivity index (χ0v) is 5.05. The molecule has 0 nitrogen and oxygen atoms in total. The second-order valence-corrected chi connectivity index (χ2v) is 0. The molecule has 0 aromatic carbocycles. The van der Waals surface area contributed by atoms with Crippen molar-refractivity contribution in [2.75, 3.05) is 0 Å². The van der Waals surface area contributed by atoms with Gasteiger partial charge in [0.15, 0.2) is 0 Å². The van der Waals surface area contributed by atoms with Crippen LogP contribution in [0.2, 0.25) is 0 Å². The van der Waals surface area contributed by atoms with E-state index in [0.717, 1.165) is 0 Å². The molecule has 0 aromatic heterocycles. The van der Waals surface area contributed by atoms with Crippen LogP contribution in [0.4, 0.5) is 0 Å².